The maximum Gasteiger partial charge on any atom is 0.0237 e. The van der Waals surface area contributed by atoms with Gasteiger partial charge < -0.3 is 5.32 Å². The molecule has 0 aromatic heterocycles. The molecule has 1 saturated heterocycles. The predicted octanol–water partition coefficient (Wildman–Crippen LogP) is 3.14. The van der Waals surface area contributed by atoms with Gasteiger partial charge in [0.2, 0.25) is 0 Å². The molecule has 0 amide bonds. The summed E-state index contributed by atoms with van der Waals surface area (Å²) in [4.78, 5) is 2.67. The number of likely N-dealkylation sites (tertiary alicyclic amines) is 1. The minimum atomic E-state index is 0.725. The molecule has 1 heterocycles. The van der Waals surface area contributed by atoms with E-state index in [9.17, 15) is 0 Å². The van der Waals surface area contributed by atoms with Crippen molar-refractivity contribution in [2.24, 2.45) is 0 Å². The molecule has 1 saturated carbocycles. The number of nitrogens with zero attached hydrogens (tertiary/aromatic N) is 1. The van der Waals surface area contributed by atoms with Gasteiger partial charge in [0.15, 0.2) is 0 Å². The topological polar surface area (TPSA) is 15.3 Å². The van der Waals surface area contributed by atoms with E-state index in [1.807, 2.05) is 0 Å². The number of likely N-dealkylation sites (N-methyl/N-ethyl adjacent to an activating group) is 1. The number of piperidine rings is 1. The molecule has 0 spiro atoms. The minimum absolute atomic E-state index is 0.725. The van der Waals surface area contributed by atoms with E-state index in [0.717, 1.165) is 25.0 Å². The third-order valence-electron chi connectivity index (χ3n) is 4.57. The summed E-state index contributed by atoms with van der Waals surface area (Å²) in [6.45, 7) is 3.52. The highest BCUT2D eigenvalue weighted by molar-refractivity contribution is 5.29. The summed E-state index contributed by atoms with van der Waals surface area (Å²) in [5.74, 6) is 0.870. The van der Waals surface area contributed by atoms with E-state index in [4.69, 9.17) is 0 Å². The average Bonchev–Trinajstić information content (AvgIpc) is 3.26. The standard InChI is InChI=1S/C17H26N2/c1-18-12-17-7-2-3-10-19(17)13-14-5-4-6-16(11-14)15-8-9-15/h4-6,11,15,17-18H,2-3,7-10,12-13H2,1H3. The van der Waals surface area contributed by atoms with Crippen LogP contribution in [0.15, 0.2) is 24.3 Å². The first-order valence-electron chi connectivity index (χ1n) is 7.84. The van der Waals surface area contributed by atoms with Crippen LogP contribution in [0.5, 0.6) is 0 Å². The Labute approximate surface area is 117 Å². The molecule has 1 aliphatic heterocycles. The lowest BCUT2D eigenvalue weighted by Crippen LogP contribution is -2.44. The molecular formula is C17H26N2. The zero-order valence-corrected chi connectivity index (χ0v) is 12.1. The molecule has 3 rings (SSSR count). The van der Waals surface area contributed by atoms with Crippen LogP contribution in [0.25, 0.3) is 0 Å². The number of benzene rings is 1. The van der Waals surface area contributed by atoms with Gasteiger partial charge in [-0.05, 0) is 56.3 Å². The van der Waals surface area contributed by atoms with E-state index in [2.05, 4.69) is 41.5 Å². The van der Waals surface area contributed by atoms with Crippen LogP contribution in [0.4, 0.5) is 0 Å². The first-order chi connectivity index (χ1) is 9.36. The van der Waals surface area contributed by atoms with Crippen LogP contribution in [0.1, 0.15) is 49.1 Å². The molecule has 1 aromatic carbocycles. The molecule has 2 aliphatic rings. The lowest BCUT2D eigenvalue weighted by atomic mass is 10.00. The second-order valence-electron chi connectivity index (χ2n) is 6.20. The smallest absolute Gasteiger partial charge is 0.0237 e. The fourth-order valence-corrected chi connectivity index (χ4v) is 3.33. The fourth-order valence-electron chi connectivity index (χ4n) is 3.33. The normalized spacial score (nSPS) is 24.6. The van der Waals surface area contributed by atoms with Gasteiger partial charge in [0.25, 0.3) is 0 Å². The van der Waals surface area contributed by atoms with Crippen molar-refractivity contribution < 1.29 is 0 Å². The highest BCUT2D eigenvalue weighted by Crippen LogP contribution is 2.40. The highest BCUT2D eigenvalue weighted by Gasteiger charge is 2.25. The van der Waals surface area contributed by atoms with Crippen LogP contribution in [-0.4, -0.2) is 31.1 Å². The van der Waals surface area contributed by atoms with Gasteiger partial charge in [-0.25, -0.2) is 0 Å². The van der Waals surface area contributed by atoms with Crippen LogP contribution in [0.3, 0.4) is 0 Å². The van der Waals surface area contributed by atoms with Gasteiger partial charge in [0.05, 0.1) is 0 Å². The lowest BCUT2D eigenvalue weighted by Gasteiger charge is -2.35. The van der Waals surface area contributed by atoms with Gasteiger partial charge in [0, 0.05) is 19.1 Å². The van der Waals surface area contributed by atoms with Gasteiger partial charge in [-0.15, -0.1) is 0 Å². The summed E-state index contributed by atoms with van der Waals surface area (Å²) >= 11 is 0. The second-order valence-corrected chi connectivity index (χ2v) is 6.20. The van der Waals surface area contributed by atoms with Crippen molar-refractivity contribution in [2.75, 3.05) is 20.1 Å². The van der Waals surface area contributed by atoms with Crippen molar-refractivity contribution >= 4 is 0 Å². The van der Waals surface area contributed by atoms with E-state index >= 15 is 0 Å². The molecule has 1 aliphatic carbocycles. The van der Waals surface area contributed by atoms with E-state index in [0.29, 0.717) is 0 Å². The van der Waals surface area contributed by atoms with Crippen molar-refractivity contribution in [3.63, 3.8) is 0 Å². The molecule has 1 aromatic rings. The van der Waals surface area contributed by atoms with Crippen molar-refractivity contribution in [1.82, 2.24) is 10.2 Å². The van der Waals surface area contributed by atoms with Crippen molar-refractivity contribution in [2.45, 2.75) is 50.6 Å². The predicted molar refractivity (Wildman–Crippen MR) is 80.4 cm³/mol. The van der Waals surface area contributed by atoms with Crippen molar-refractivity contribution in [3.05, 3.63) is 35.4 Å². The largest absolute Gasteiger partial charge is 0.318 e. The zero-order valence-electron chi connectivity index (χ0n) is 12.1. The zero-order chi connectivity index (χ0) is 13.1. The minimum Gasteiger partial charge on any atom is -0.318 e. The Morgan fingerprint density at radius 1 is 1.21 bits per heavy atom. The van der Waals surface area contributed by atoms with Crippen molar-refractivity contribution in [3.8, 4) is 0 Å². The van der Waals surface area contributed by atoms with Crippen LogP contribution >= 0.6 is 0 Å². The Morgan fingerprint density at radius 2 is 2.11 bits per heavy atom. The van der Waals surface area contributed by atoms with E-state index in [-0.39, 0.29) is 0 Å². The number of hydrogen-bond donors (Lipinski definition) is 1. The molecule has 2 nitrogen and oxygen atoms in total. The quantitative estimate of drug-likeness (QED) is 0.873. The fraction of sp³-hybridized carbons (Fsp3) is 0.647. The second kappa shape index (κ2) is 6.06. The number of rotatable bonds is 5. The Bertz CT molecular complexity index is 409. The van der Waals surface area contributed by atoms with Gasteiger partial charge >= 0.3 is 0 Å². The molecule has 19 heavy (non-hydrogen) atoms. The highest BCUT2D eigenvalue weighted by atomic mass is 15.2. The average molecular weight is 258 g/mol. The number of nitrogens with one attached hydrogen (secondary N) is 1. The summed E-state index contributed by atoms with van der Waals surface area (Å²) < 4.78 is 0. The molecule has 1 unspecified atom stereocenters. The molecule has 0 bridgehead atoms. The Hall–Kier alpha value is -0.860. The monoisotopic (exact) mass is 258 g/mol. The van der Waals surface area contributed by atoms with E-state index in [1.54, 1.807) is 5.56 Å². The van der Waals surface area contributed by atoms with Crippen LogP contribution in [0.2, 0.25) is 0 Å². The molecule has 2 fully saturated rings. The SMILES string of the molecule is CNCC1CCCCN1Cc1cccc(C2CC2)c1. The van der Waals surface area contributed by atoms with Gasteiger partial charge in [0.1, 0.15) is 0 Å². The Morgan fingerprint density at radius 3 is 2.89 bits per heavy atom. The maximum absolute atomic E-state index is 3.35. The van der Waals surface area contributed by atoms with Crippen LogP contribution in [-0.2, 0) is 6.54 Å². The van der Waals surface area contributed by atoms with E-state index < -0.39 is 0 Å². The van der Waals surface area contributed by atoms with Crippen LogP contribution < -0.4 is 5.32 Å². The summed E-state index contributed by atoms with van der Waals surface area (Å²) in [5, 5.41) is 3.35. The third-order valence-corrected chi connectivity index (χ3v) is 4.57. The molecule has 104 valence electrons. The summed E-state index contributed by atoms with van der Waals surface area (Å²) in [6, 6.07) is 10.0. The Kier molecular flexibility index (Phi) is 4.19. The number of hydrogen-bond acceptors (Lipinski definition) is 2. The van der Waals surface area contributed by atoms with Crippen molar-refractivity contribution in [1.29, 1.82) is 0 Å². The van der Waals surface area contributed by atoms with E-state index in [1.165, 1.54) is 44.2 Å². The Balaban J connectivity index is 1.66. The molecule has 1 N–H and O–H groups in total. The first kappa shape index (κ1) is 13.1. The third kappa shape index (κ3) is 3.37. The maximum atomic E-state index is 3.35. The summed E-state index contributed by atoms with van der Waals surface area (Å²) in [7, 11) is 2.07. The van der Waals surface area contributed by atoms with Crippen LogP contribution in [0, 0.1) is 0 Å². The van der Waals surface area contributed by atoms with Gasteiger partial charge in [-0.1, -0.05) is 30.7 Å². The lowest BCUT2D eigenvalue weighted by molar-refractivity contribution is 0.139. The molecule has 1 atom stereocenters. The van der Waals surface area contributed by atoms with Gasteiger partial charge in [-0.3, -0.25) is 4.90 Å². The molecule has 0 radical (unpaired) electrons. The molecule has 2 heteroatoms. The molecular weight excluding hydrogens is 232 g/mol. The first-order valence-corrected chi connectivity index (χ1v) is 7.84. The van der Waals surface area contributed by atoms with Gasteiger partial charge in [-0.2, -0.15) is 0 Å². The summed E-state index contributed by atoms with van der Waals surface area (Å²) in [5.41, 5.74) is 3.08. The summed E-state index contributed by atoms with van der Waals surface area (Å²) in [6.07, 6.45) is 6.90.